The van der Waals surface area contributed by atoms with Gasteiger partial charge in [-0.1, -0.05) is 6.07 Å². The zero-order valence-electron chi connectivity index (χ0n) is 19.4. The van der Waals surface area contributed by atoms with E-state index in [2.05, 4.69) is 30.4 Å². The van der Waals surface area contributed by atoms with E-state index in [9.17, 15) is 5.11 Å². The number of aromatic nitrogens is 4. The molecule has 3 aromatic rings. The number of halogens is 1. The summed E-state index contributed by atoms with van der Waals surface area (Å²) in [6.45, 7) is 2.01. The molecule has 2 aliphatic heterocycles. The predicted octanol–water partition coefficient (Wildman–Crippen LogP) is 4.22. The van der Waals surface area contributed by atoms with Gasteiger partial charge in [-0.2, -0.15) is 5.26 Å². The van der Waals surface area contributed by atoms with Crippen molar-refractivity contribution in [1.29, 1.82) is 5.26 Å². The van der Waals surface area contributed by atoms with Crippen molar-refractivity contribution in [2.24, 2.45) is 0 Å². The van der Waals surface area contributed by atoms with Gasteiger partial charge in [0.25, 0.3) is 0 Å². The monoisotopic (exact) mass is 491 g/mol. The number of hydrogen-bond acceptors (Lipinski definition) is 9. The second-order valence-electron chi connectivity index (χ2n) is 10.0. The number of rotatable bonds is 5. The minimum absolute atomic E-state index is 0.0194. The summed E-state index contributed by atoms with van der Waals surface area (Å²) >= 11 is 1.26. The number of nitrogens with zero attached hydrogens (tertiary/aromatic N) is 6. The Labute approximate surface area is 206 Å². The number of nitriles is 1. The smallest absolute Gasteiger partial charge is 0.194 e. The van der Waals surface area contributed by atoms with E-state index in [1.54, 1.807) is 24.5 Å². The van der Waals surface area contributed by atoms with Gasteiger partial charge in [-0.15, -0.1) is 21.5 Å². The highest BCUT2D eigenvalue weighted by Gasteiger charge is 2.52. The Hall–Kier alpha value is -3.16. The van der Waals surface area contributed by atoms with Crippen LogP contribution in [0.3, 0.4) is 0 Å². The lowest BCUT2D eigenvalue weighted by molar-refractivity contribution is 0.0385. The molecule has 2 N–H and O–H groups in total. The molecule has 2 aromatic heterocycles. The van der Waals surface area contributed by atoms with Gasteiger partial charge in [0.1, 0.15) is 18.0 Å². The highest BCUT2D eigenvalue weighted by molar-refractivity contribution is 7.15. The number of alkyl halides is 1. The largest absolute Gasteiger partial charge is 0.507 e. The van der Waals surface area contributed by atoms with Gasteiger partial charge < -0.3 is 15.3 Å². The van der Waals surface area contributed by atoms with Crippen molar-refractivity contribution >= 4 is 17.2 Å². The van der Waals surface area contributed by atoms with Crippen LogP contribution >= 0.6 is 11.3 Å². The second kappa shape index (κ2) is 8.50. The lowest BCUT2D eigenvalue weighted by Gasteiger charge is -2.52. The maximum Gasteiger partial charge on any atom is 0.194 e. The molecule has 4 atom stereocenters. The summed E-state index contributed by atoms with van der Waals surface area (Å²) < 4.78 is 15.8. The molecule has 1 aromatic carbocycles. The zero-order chi connectivity index (χ0) is 24.2. The highest BCUT2D eigenvalue weighted by Crippen LogP contribution is 2.43. The van der Waals surface area contributed by atoms with Gasteiger partial charge in [0.2, 0.25) is 0 Å². The number of hydrogen-bond donors (Lipinski definition) is 2. The average Bonchev–Trinajstić information content (AvgIpc) is 3.57. The van der Waals surface area contributed by atoms with Crippen LogP contribution in [0.15, 0.2) is 30.6 Å². The lowest BCUT2D eigenvalue weighted by atomic mass is 9.73. The van der Waals surface area contributed by atoms with Crippen LogP contribution in [0.2, 0.25) is 0 Å². The van der Waals surface area contributed by atoms with Crippen LogP contribution in [0, 0.1) is 11.3 Å². The number of anilines is 1. The van der Waals surface area contributed by atoms with Crippen molar-refractivity contribution in [1.82, 2.24) is 25.5 Å². The Bertz CT molecular complexity index is 1290. The van der Waals surface area contributed by atoms with Crippen molar-refractivity contribution in [3.63, 3.8) is 0 Å². The molecule has 10 heteroatoms. The SMILES string of the molecule is C[C@@]12CCC[C@H](C[C@H](N(c3cnc(-c4ccc(-c5cnc(C#N)s5)cc4O)nn3)C3CC3)[C@@H]1F)N2. The van der Waals surface area contributed by atoms with E-state index in [1.807, 2.05) is 19.1 Å². The Kier molecular flexibility index (Phi) is 5.42. The quantitative estimate of drug-likeness (QED) is 0.546. The number of phenols is 1. The van der Waals surface area contributed by atoms with Crippen molar-refractivity contribution in [3.05, 3.63) is 35.6 Å². The van der Waals surface area contributed by atoms with Crippen molar-refractivity contribution < 1.29 is 9.50 Å². The Balaban J connectivity index is 1.26. The maximum absolute atomic E-state index is 15.8. The third-order valence-corrected chi connectivity index (χ3v) is 8.44. The molecular formula is C25H26FN7OS. The molecule has 3 aliphatic rings. The third-order valence-electron chi connectivity index (χ3n) is 7.49. The van der Waals surface area contributed by atoms with Crippen LogP contribution in [0.5, 0.6) is 5.75 Å². The normalized spacial score (nSPS) is 27.9. The van der Waals surface area contributed by atoms with E-state index in [0.29, 0.717) is 28.3 Å². The molecular weight excluding hydrogens is 465 g/mol. The number of nitrogens with one attached hydrogen (secondary N) is 1. The van der Waals surface area contributed by atoms with Gasteiger partial charge in [-0.05, 0) is 63.1 Å². The third kappa shape index (κ3) is 4.02. The first-order valence-electron chi connectivity index (χ1n) is 12.0. The van der Waals surface area contributed by atoms with E-state index in [4.69, 9.17) is 5.26 Å². The van der Waals surface area contributed by atoms with Gasteiger partial charge in [-0.25, -0.2) is 14.4 Å². The van der Waals surface area contributed by atoms with Crippen LogP contribution in [-0.4, -0.2) is 55.1 Å². The molecule has 1 saturated carbocycles. The average molecular weight is 492 g/mol. The molecule has 35 heavy (non-hydrogen) atoms. The summed E-state index contributed by atoms with van der Waals surface area (Å²) in [4.78, 5) is 11.5. The van der Waals surface area contributed by atoms with Crippen LogP contribution in [0.25, 0.3) is 21.8 Å². The van der Waals surface area contributed by atoms with Crippen LogP contribution < -0.4 is 10.2 Å². The van der Waals surface area contributed by atoms with Gasteiger partial charge in [0.15, 0.2) is 16.6 Å². The number of thiazole rings is 1. The zero-order valence-corrected chi connectivity index (χ0v) is 20.2. The first kappa shape index (κ1) is 22.3. The maximum atomic E-state index is 15.8. The molecule has 0 spiro atoms. The van der Waals surface area contributed by atoms with E-state index in [1.165, 1.54) is 11.3 Å². The number of piperidine rings is 2. The summed E-state index contributed by atoms with van der Waals surface area (Å²) in [5, 5.41) is 32.3. The van der Waals surface area contributed by atoms with E-state index < -0.39 is 11.7 Å². The molecule has 3 fully saturated rings. The molecule has 8 nitrogen and oxygen atoms in total. The van der Waals surface area contributed by atoms with Crippen molar-refractivity contribution in [2.75, 3.05) is 4.90 Å². The van der Waals surface area contributed by atoms with Crippen LogP contribution in [-0.2, 0) is 0 Å². The molecule has 0 radical (unpaired) electrons. The summed E-state index contributed by atoms with van der Waals surface area (Å²) in [5.74, 6) is 0.921. The van der Waals surface area contributed by atoms with Crippen LogP contribution in [0.4, 0.5) is 10.2 Å². The Morgan fingerprint density at radius 3 is 2.77 bits per heavy atom. The lowest BCUT2D eigenvalue weighted by Crippen LogP contribution is -2.69. The van der Waals surface area contributed by atoms with E-state index in [0.717, 1.165) is 49.0 Å². The number of phenolic OH excluding ortho intramolecular Hbond substituents is 1. The molecule has 2 bridgehead atoms. The van der Waals surface area contributed by atoms with E-state index in [-0.39, 0.29) is 17.8 Å². The molecule has 0 unspecified atom stereocenters. The molecule has 2 saturated heterocycles. The van der Waals surface area contributed by atoms with Gasteiger partial charge in [0, 0.05) is 23.8 Å². The number of fused-ring (bicyclic) bond motifs is 2. The summed E-state index contributed by atoms with van der Waals surface area (Å²) in [5.41, 5.74) is 0.719. The number of aromatic hydroxyl groups is 1. The molecule has 1 aliphatic carbocycles. The van der Waals surface area contributed by atoms with Gasteiger partial charge in [-0.3, -0.25) is 0 Å². The minimum atomic E-state index is -0.994. The van der Waals surface area contributed by atoms with Crippen molar-refractivity contribution in [3.8, 4) is 33.6 Å². The summed E-state index contributed by atoms with van der Waals surface area (Å²) in [6, 6.07) is 7.55. The fraction of sp³-hybridized carbons (Fsp3) is 0.480. The Morgan fingerprint density at radius 2 is 2.09 bits per heavy atom. The van der Waals surface area contributed by atoms with Gasteiger partial charge >= 0.3 is 0 Å². The molecule has 6 rings (SSSR count). The molecule has 4 heterocycles. The summed E-state index contributed by atoms with van der Waals surface area (Å²) in [7, 11) is 0. The first-order chi connectivity index (χ1) is 16.9. The van der Waals surface area contributed by atoms with E-state index >= 15 is 4.39 Å². The topological polar surface area (TPSA) is 111 Å². The standard InChI is InChI=1S/C25H26FN7OS/c1-25-8-2-3-15(30-25)10-18(23(25)26)33(16-5-6-16)21-13-29-24(32-31-21)17-7-4-14(9-19(17)34)20-12-28-22(11-27)35-20/h4,7,9,12-13,15-16,18,23,30,34H,2-3,5-6,8,10H2,1H3/t15-,18+,23+,25-/m1/s1. The van der Waals surface area contributed by atoms with Crippen LogP contribution in [0.1, 0.15) is 50.5 Å². The Morgan fingerprint density at radius 1 is 1.23 bits per heavy atom. The predicted molar refractivity (Wildman–Crippen MR) is 131 cm³/mol. The van der Waals surface area contributed by atoms with Gasteiger partial charge in [0.05, 0.1) is 22.7 Å². The van der Waals surface area contributed by atoms with Crippen molar-refractivity contribution in [2.45, 2.75) is 75.3 Å². The highest BCUT2D eigenvalue weighted by atomic mass is 32.1. The summed E-state index contributed by atoms with van der Waals surface area (Å²) in [6.07, 6.45) is 8.06. The second-order valence-corrected chi connectivity index (χ2v) is 11.0. The number of benzene rings is 1. The minimum Gasteiger partial charge on any atom is -0.507 e. The fourth-order valence-electron chi connectivity index (χ4n) is 5.64. The molecule has 180 valence electrons. The molecule has 0 amide bonds. The first-order valence-corrected chi connectivity index (χ1v) is 12.9. The fourth-order valence-corrected chi connectivity index (χ4v) is 6.34.